The van der Waals surface area contributed by atoms with Crippen molar-refractivity contribution in [1.29, 1.82) is 0 Å². The zero-order chi connectivity index (χ0) is 21.9. The summed E-state index contributed by atoms with van der Waals surface area (Å²) in [4.78, 5) is 13.2. The van der Waals surface area contributed by atoms with Gasteiger partial charge < -0.3 is 14.8 Å². The Hall–Kier alpha value is -2.87. The van der Waals surface area contributed by atoms with E-state index >= 15 is 0 Å². The van der Waals surface area contributed by atoms with E-state index < -0.39 is 0 Å². The number of fused-ring (bicyclic) bond motifs is 4. The number of nitrogens with zero attached hydrogens (tertiary/aromatic N) is 4. The first kappa shape index (κ1) is 19.8. The third kappa shape index (κ3) is 3.28. The number of aryl methyl sites for hydroxylation is 1. The fourth-order valence-electron chi connectivity index (χ4n) is 5.04. The number of carbonyl (C=O) groups excluding carboxylic acids is 1. The van der Waals surface area contributed by atoms with Crippen LogP contribution in [0, 0.1) is 0 Å². The fraction of sp³-hybridized carbons (Fsp3) is 0.542. The maximum absolute atomic E-state index is 13.2. The van der Waals surface area contributed by atoms with Crippen molar-refractivity contribution < 1.29 is 14.3 Å². The van der Waals surface area contributed by atoms with E-state index in [1.807, 2.05) is 19.2 Å². The molecule has 32 heavy (non-hydrogen) atoms. The zero-order valence-corrected chi connectivity index (χ0v) is 18.6. The number of hydrogen-bond acceptors (Lipinski definition) is 5. The highest BCUT2D eigenvalue weighted by molar-refractivity contribution is 6.08. The minimum absolute atomic E-state index is 0.0227. The Labute approximate surface area is 186 Å². The lowest BCUT2D eigenvalue weighted by Gasteiger charge is -2.51. The highest BCUT2D eigenvalue weighted by Crippen LogP contribution is 2.47. The highest BCUT2D eigenvalue weighted by atomic mass is 16.5. The van der Waals surface area contributed by atoms with Gasteiger partial charge in [0.2, 0.25) is 0 Å². The molecule has 168 valence electrons. The zero-order valence-electron chi connectivity index (χ0n) is 18.6. The van der Waals surface area contributed by atoms with Crippen molar-refractivity contribution >= 4 is 22.6 Å². The predicted molar refractivity (Wildman–Crippen MR) is 120 cm³/mol. The van der Waals surface area contributed by atoms with Crippen LogP contribution < -0.4 is 10.1 Å². The van der Waals surface area contributed by atoms with Gasteiger partial charge in [0.25, 0.3) is 5.91 Å². The molecular formula is C24H29N5O3. The Morgan fingerprint density at radius 1 is 1.22 bits per heavy atom. The van der Waals surface area contributed by atoms with Crippen LogP contribution in [0.1, 0.15) is 62.2 Å². The number of anilines is 1. The first-order valence-electron chi connectivity index (χ1n) is 11.6. The van der Waals surface area contributed by atoms with Crippen LogP contribution in [0.2, 0.25) is 0 Å². The van der Waals surface area contributed by atoms with Gasteiger partial charge in [0, 0.05) is 37.0 Å². The monoisotopic (exact) mass is 435 g/mol. The average molecular weight is 436 g/mol. The van der Waals surface area contributed by atoms with Crippen LogP contribution in [0.4, 0.5) is 5.82 Å². The molecule has 1 N–H and O–H groups in total. The molecule has 2 aromatic heterocycles. The van der Waals surface area contributed by atoms with Gasteiger partial charge in [0.05, 0.1) is 34.9 Å². The molecule has 1 aromatic carbocycles. The van der Waals surface area contributed by atoms with Crippen LogP contribution in [0.3, 0.4) is 0 Å². The predicted octanol–water partition coefficient (Wildman–Crippen LogP) is 4.01. The summed E-state index contributed by atoms with van der Waals surface area (Å²) in [6.45, 7) is 2.90. The third-order valence-corrected chi connectivity index (χ3v) is 7.57. The van der Waals surface area contributed by atoms with Crippen LogP contribution in [0.25, 0.3) is 10.9 Å². The number of aromatic nitrogens is 4. The van der Waals surface area contributed by atoms with Crippen molar-refractivity contribution in [3.8, 4) is 5.75 Å². The van der Waals surface area contributed by atoms with E-state index in [1.54, 1.807) is 16.9 Å². The summed E-state index contributed by atoms with van der Waals surface area (Å²) in [5.41, 5.74) is 1.29. The van der Waals surface area contributed by atoms with Gasteiger partial charge in [-0.2, -0.15) is 10.2 Å². The molecule has 0 spiro atoms. The number of benzene rings is 1. The number of nitrogens with one attached hydrogen (secondary N) is 1. The second kappa shape index (κ2) is 7.07. The van der Waals surface area contributed by atoms with E-state index in [0.29, 0.717) is 23.7 Å². The van der Waals surface area contributed by atoms with Crippen LogP contribution in [0.5, 0.6) is 5.75 Å². The molecule has 2 saturated carbocycles. The molecule has 0 atom stereocenters. The van der Waals surface area contributed by atoms with Crippen LogP contribution in [0.15, 0.2) is 30.6 Å². The summed E-state index contributed by atoms with van der Waals surface area (Å²) in [7, 11) is 1.82. The normalized spacial score (nSPS) is 27.4. The van der Waals surface area contributed by atoms with Crippen LogP contribution in [-0.2, 0) is 17.3 Å². The minimum atomic E-state index is -0.222. The number of hydrogen-bond donors (Lipinski definition) is 1. The average Bonchev–Trinajstić information content (AvgIpc) is 3.36. The first-order chi connectivity index (χ1) is 15.4. The maximum atomic E-state index is 13.2. The van der Waals surface area contributed by atoms with E-state index in [2.05, 4.69) is 28.2 Å². The largest absolute Gasteiger partial charge is 0.490 e. The molecule has 3 aromatic rings. The Kier molecular flexibility index (Phi) is 4.37. The summed E-state index contributed by atoms with van der Waals surface area (Å²) in [6, 6.07) is 5.60. The lowest BCUT2D eigenvalue weighted by atomic mass is 9.72. The molecule has 2 bridgehead atoms. The number of carbonyl (C=O) groups is 1. The van der Waals surface area contributed by atoms with E-state index in [0.717, 1.165) is 49.4 Å². The number of amides is 1. The molecular weight excluding hydrogens is 406 g/mol. The first-order valence-corrected chi connectivity index (χ1v) is 11.6. The lowest BCUT2D eigenvalue weighted by Crippen LogP contribution is -2.54. The van der Waals surface area contributed by atoms with Gasteiger partial charge in [-0.05, 0) is 57.9 Å². The molecule has 4 heterocycles. The fourth-order valence-corrected chi connectivity index (χ4v) is 5.04. The van der Waals surface area contributed by atoms with E-state index in [-0.39, 0.29) is 23.2 Å². The summed E-state index contributed by atoms with van der Waals surface area (Å²) < 4.78 is 16.2. The van der Waals surface area contributed by atoms with Crippen molar-refractivity contribution in [1.82, 2.24) is 19.6 Å². The number of ether oxygens (including phenoxy) is 2. The topological polar surface area (TPSA) is 83.2 Å². The second-order valence-corrected chi connectivity index (χ2v) is 9.94. The highest BCUT2D eigenvalue weighted by Gasteiger charge is 2.49. The summed E-state index contributed by atoms with van der Waals surface area (Å²) in [6.07, 6.45) is 11.5. The second-order valence-electron chi connectivity index (χ2n) is 9.94. The molecule has 8 heteroatoms. The quantitative estimate of drug-likeness (QED) is 0.655. The van der Waals surface area contributed by atoms with Crippen LogP contribution >= 0.6 is 0 Å². The Balaban J connectivity index is 1.36. The van der Waals surface area contributed by atoms with Gasteiger partial charge in [-0.25, -0.2) is 0 Å². The van der Waals surface area contributed by atoms with E-state index in [9.17, 15) is 4.79 Å². The molecule has 2 aliphatic carbocycles. The van der Waals surface area contributed by atoms with E-state index in [4.69, 9.17) is 14.6 Å². The summed E-state index contributed by atoms with van der Waals surface area (Å²) in [5.74, 6) is 0.890. The molecule has 2 saturated heterocycles. The van der Waals surface area contributed by atoms with Crippen LogP contribution in [-0.4, -0.2) is 43.8 Å². The van der Waals surface area contributed by atoms with Gasteiger partial charge in [-0.3, -0.25) is 14.2 Å². The van der Waals surface area contributed by atoms with Gasteiger partial charge >= 0.3 is 0 Å². The lowest BCUT2D eigenvalue weighted by molar-refractivity contribution is -0.169. The van der Waals surface area contributed by atoms with Gasteiger partial charge in [0.15, 0.2) is 5.82 Å². The van der Waals surface area contributed by atoms with Crippen molar-refractivity contribution in [2.24, 2.45) is 7.05 Å². The maximum Gasteiger partial charge on any atom is 0.260 e. The van der Waals surface area contributed by atoms with Gasteiger partial charge in [-0.1, -0.05) is 0 Å². The molecule has 4 fully saturated rings. The van der Waals surface area contributed by atoms with Crippen molar-refractivity contribution in [3.63, 3.8) is 0 Å². The third-order valence-electron chi connectivity index (χ3n) is 7.57. The van der Waals surface area contributed by atoms with E-state index in [1.165, 1.54) is 6.42 Å². The molecule has 0 radical (unpaired) electrons. The molecule has 8 nitrogen and oxygen atoms in total. The molecule has 4 aliphatic rings. The summed E-state index contributed by atoms with van der Waals surface area (Å²) >= 11 is 0. The Morgan fingerprint density at radius 3 is 2.66 bits per heavy atom. The van der Waals surface area contributed by atoms with Crippen molar-refractivity contribution in [2.75, 3.05) is 11.9 Å². The Bertz CT molecular complexity index is 1170. The summed E-state index contributed by atoms with van der Waals surface area (Å²) in [5, 5.41) is 13.0. The van der Waals surface area contributed by atoms with Crippen molar-refractivity contribution in [2.45, 2.75) is 69.1 Å². The van der Waals surface area contributed by atoms with Gasteiger partial charge in [-0.15, -0.1) is 0 Å². The minimum Gasteiger partial charge on any atom is -0.490 e. The molecule has 1 amide bonds. The number of rotatable bonds is 5. The Morgan fingerprint density at radius 2 is 2.03 bits per heavy atom. The molecule has 7 rings (SSSR count). The molecule has 2 aliphatic heterocycles. The standard InChI is InChI=1S/C24H29N5O3/c1-23-7-9-24(10-8-23,15-31-23)29-14-16-12-18(22(30)25-21-6-11-28(2)27-21)20(13-19(16)26-29)32-17-4-3-5-17/h6,11-14,17H,3-5,7-10,15H2,1-2H3,(H,25,27,30). The van der Waals surface area contributed by atoms with Gasteiger partial charge in [0.1, 0.15) is 5.75 Å². The smallest absolute Gasteiger partial charge is 0.260 e. The van der Waals surface area contributed by atoms with Crippen molar-refractivity contribution in [3.05, 3.63) is 36.2 Å². The molecule has 0 unspecified atom stereocenters. The SMILES string of the molecule is Cn1ccc(NC(=O)c2cc3cn(C45CCC(C)(CC4)OC5)nc3cc2OC2CCC2)n1.